The second-order valence-corrected chi connectivity index (χ2v) is 5.39. The molecule has 0 aromatic carbocycles. The van der Waals surface area contributed by atoms with Gasteiger partial charge in [0.15, 0.2) is 0 Å². The lowest BCUT2D eigenvalue weighted by atomic mass is 10.0. The molecule has 19 heavy (non-hydrogen) atoms. The second kappa shape index (κ2) is 7.33. The van der Waals surface area contributed by atoms with Gasteiger partial charge in [-0.2, -0.15) is 0 Å². The van der Waals surface area contributed by atoms with E-state index in [9.17, 15) is 9.59 Å². The summed E-state index contributed by atoms with van der Waals surface area (Å²) in [5, 5.41) is 14.5. The van der Waals surface area contributed by atoms with Gasteiger partial charge in [-0.25, -0.2) is 9.59 Å². The Morgan fingerprint density at radius 1 is 1.37 bits per heavy atom. The topological polar surface area (TPSA) is 87.7 Å². The summed E-state index contributed by atoms with van der Waals surface area (Å²) in [6.45, 7) is 2.49. The number of aliphatic carboxylic acids is 1. The Morgan fingerprint density at radius 3 is 2.53 bits per heavy atom. The summed E-state index contributed by atoms with van der Waals surface area (Å²) >= 11 is 0. The molecule has 1 rings (SSSR count). The summed E-state index contributed by atoms with van der Waals surface area (Å²) in [6, 6.07) is -1.26. The number of ether oxygens (including phenoxy) is 1. The Morgan fingerprint density at radius 2 is 2.00 bits per heavy atom. The molecule has 0 saturated heterocycles. The molecular formula is C13H24N2O4. The predicted octanol–water partition coefficient (Wildman–Crippen LogP) is 1.50. The van der Waals surface area contributed by atoms with Crippen molar-refractivity contribution in [2.75, 3.05) is 13.7 Å². The van der Waals surface area contributed by atoms with E-state index in [1.165, 1.54) is 0 Å². The highest BCUT2D eigenvalue weighted by Gasteiger charge is 2.31. The van der Waals surface area contributed by atoms with Crippen molar-refractivity contribution in [3.05, 3.63) is 0 Å². The molecule has 6 nitrogen and oxygen atoms in total. The molecule has 110 valence electrons. The number of carbonyl (C=O) groups is 2. The molecule has 1 atom stereocenters. The van der Waals surface area contributed by atoms with E-state index >= 15 is 0 Å². The van der Waals surface area contributed by atoms with Crippen LogP contribution < -0.4 is 10.6 Å². The minimum Gasteiger partial charge on any atom is -0.480 e. The maximum Gasteiger partial charge on any atom is 0.326 e. The third-order valence-corrected chi connectivity index (χ3v) is 3.57. The fraction of sp³-hybridized carbons (Fsp3) is 0.846. The number of amides is 2. The molecule has 0 heterocycles. The van der Waals surface area contributed by atoms with Crippen molar-refractivity contribution in [3.8, 4) is 0 Å². The molecular weight excluding hydrogens is 248 g/mol. The quantitative estimate of drug-likeness (QED) is 0.613. The van der Waals surface area contributed by atoms with Crippen LogP contribution in [0, 0.1) is 0 Å². The van der Waals surface area contributed by atoms with Crippen LogP contribution in [0.1, 0.15) is 45.4 Å². The average molecular weight is 272 g/mol. The fourth-order valence-corrected chi connectivity index (χ4v) is 2.44. The van der Waals surface area contributed by atoms with Gasteiger partial charge in [-0.3, -0.25) is 0 Å². The number of carbonyl (C=O) groups excluding carboxylic acids is 1. The van der Waals surface area contributed by atoms with E-state index in [1.54, 1.807) is 7.11 Å². The first-order chi connectivity index (χ1) is 8.97. The third kappa shape index (κ3) is 5.46. The van der Waals surface area contributed by atoms with Gasteiger partial charge < -0.3 is 20.5 Å². The number of rotatable bonds is 7. The molecule has 0 spiro atoms. The highest BCUT2D eigenvalue weighted by molar-refractivity contribution is 5.82. The molecule has 2 amide bonds. The maximum atomic E-state index is 11.8. The van der Waals surface area contributed by atoms with Gasteiger partial charge >= 0.3 is 12.0 Å². The van der Waals surface area contributed by atoms with Gasteiger partial charge in [0.1, 0.15) is 6.04 Å². The zero-order valence-electron chi connectivity index (χ0n) is 11.7. The van der Waals surface area contributed by atoms with Crippen molar-refractivity contribution in [1.82, 2.24) is 10.6 Å². The maximum absolute atomic E-state index is 11.8. The molecule has 6 heteroatoms. The Hall–Kier alpha value is -1.30. The highest BCUT2D eigenvalue weighted by Crippen LogP contribution is 2.28. The van der Waals surface area contributed by atoms with Gasteiger partial charge in [0.2, 0.25) is 0 Å². The number of methoxy groups -OCH3 is 1. The van der Waals surface area contributed by atoms with Crippen molar-refractivity contribution in [2.45, 2.75) is 57.0 Å². The number of carboxylic acids is 1. The lowest BCUT2D eigenvalue weighted by molar-refractivity contribution is -0.139. The van der Waals surface area contributed by atoms with E-state index < -0.39 is 18.0 Å². The van der Waals surface area contributed by atoms with Gasteiger partial charge in [0.05, 0.1) is 0 Å². The van der Waals surface area contributed by atoms with Crippen LogP contribution in [-0.4, -0.2) is 42.4 Å². The van der Waals surface area contributed by atoms with E-state index in [0.717, 1.165) is 25.7 Å². The number of nitrogens with one attached hydrogen (secondary N) is 2. The molecule has 1 saturated carbocycles. The molecule has 0 bridgehead atoms. The van der Waals surface area contributed by atoms with Gasteiger partial charge in [-0.05, 0) is 32.6 Å². The van der Waals surface area contributed by atoms with Crippen LogP contribution in [0.3, 0.4) is 0 Å². The Kier molecular flexibility index (Phi) is 6.08. The molecule has 1 unspecified atom stereocenters. The average Bonchev–Trinajstić information content (AvgIpc) is 2.74. The molecule has 0 radical (unpaired) electrons. The highest BCUT2D eigenvalue weighted by atomic mass is 16.5. The second-order valence-electron chi connectivity index (χ2n) is 5.39. The number of hydrogen-bond acceptors (Lipinski definition) is 3. The molecule has 1 aliphatic carbocycles. The SMILES string of the molecule is COCCCC(NC(=O)NC1(C)CCCC1)C(=O)O. The minimum atomic E-state index is -1.01. The largest absolute Gasteiger partial charge is 0.480 e. The van der Waals surface area contributed by atoms with Crippen molar-refractivity contribution in [2.24, 2.45) is 0 Å². The lowest BCUT2D eigenvalue weighted by Gasteiger charge is -2.26. The molecule has 1 fully saturated rings. The van der Waals surface area contributed by atoms with Gasteiger partial charge in [0, 0.05) is 19.3 Å². The Labute approximate surface area is 113 Å². The van der Waals surface area contributed by atoms with Crippen LogP contribution in [0.2, 0.25) is 0 Å². The summed E-state index contributed by atoms with van der Waals surface area (Å²) in [5.74, 6) is -1.01. The predicted molar refractivity (Wildman–Crippen MR) is 71.1 cm³/mol. The molecule has 0 aromatic rings. The Balaban J connectivity index is 2.40. The summed E-state index contributed by atoms with van der Waals surface area (Å²) in [5.41, 5.74) is -0.195. The minimum absolute atomic E-state index is 0.195. The fourth-order valence-electron chi connectivity index (χ4n) is 2.44. The number of hydrogen-bond donors (Lipinski definition) is 3. The molecule has 0 aliphatic heterocycles. The third-order valence-electron chi connectivity index (χ3n) is 3.57. The van der Waals surface area contributed by atoms with Crippen molar-refractivity contribution < 1.29 is 19.4 Å². The van der Waals surface area contributed by atoms with E-state index in [2.05, 4.69) is 10.6 Å². The first-order valence-electron chi connectivity index (χ1n) is 6.77. The zero-order valence-corrected chi connectivity index (χ0v) is 11.7. The van der Waals surface area contributed by atoms with Gasteiger partial charge in [0.25, 0.3) is 0 Å². The van der Waals surface area contributed by atoms with Crippen LogP contribution in [0.25, 0.3) is 0 Å². The van der Waals surface area contributed by atoms with Gasteiger partial charge in [-0.15, -0.1) is 0 Å². The molecule has 1 aliphatic rings. The summed E-state index contributed by atoms with van der Waals surface area (Å²) < 4.78 is 4.88. The number of carboxylic acid groups (broad SMARTS) is 1. The summed E-state index contributed by atoms with van der Waals surface area (Å²) in [7, 11) is 1.57. The van der Waals surface area contributed by atoms with Crippen molar-refractivity contribution >= 4 is 12.0 Å². The molecule has 0 aromatic heterocycles. The first kappa shape index (κ1) is 15.8. The smallest absolute Gasteiger partial charge is 0.326 e. The van der Waals surface area contributed by atoms with Crippen LogP contribution in [0.4, 0.5) is 4.79 Å². The van der Waals surface area contributed by atoms with E-state index in [4.69, 9.17) is 9.84 Å². The van der Waals surface area contributed by atoms with E-state index in [0.29, 0.717) is 19.4 Å². The van der Waals surface area contributed by atoms with Gasteiger partial charge in [-0.1, -0.05) is 12.8 Å². The van der Waals surface area contributed by atoms with E-state index in [1.807, 2.05) is 6.92 Å². The van der Waals surface area contributed by atoms with Crippen molar-refractivity contribution in [3.63, 3.8) is 0 Å². The molecule has 3 N–H and O–H groups in total. The van der Waals surface area contributed by atoms with Crippen molar-refractivity contribution in [1.29, 1.82) is 0 Å². The monoisotopic (exact) mass is 272 g/mol. The summed E-state index contributed by atoms with van der Waals surface area (Å²) in [6.07, 6.45) is 5.07. The summed E-state index contributed by atoms with van der Waals surface area (Å²) in [4.78, 5) is 22.9. The van der Waals surface area contributed by atoms with Crippen LogP contribution in [0.5, 0.6) is 0 Å². The Bertz CT molecular complexity index is 314. The van der Waals surface area contributed by atoms with Crippen LogP contribution in [-0.2, 0) is 9.53 Å². The van der Waals surface area contributed by atoms with Crippen LogP contribution >= 0.6 is 0 Å². The first-order valence-corrected chi connectivity index (χ1v) is 6.77. The number of urea groups is 1. The normalized spacial score (nSPS) is 18.8. The van der Waals surface area contributed by atoms with E-state index in [-0.39, 0.29) is 5.54 Å². The lowest BCUT2D eigenvalue weighted by Crippen LogP contribution is -2.52. The standard InChI is InChI=1S/C13H24N2O4/c1-13(7-3-4-8-13)15-12(18)14-10(11(16)17)6-5-9-19-2/h10H,3-9H2,1-2H3,(H,16,17)(H2,14,15,18). The van der Waals surface area contributed by atoms with Crippen LogP contribution in [0.15, 0.2) is 0 Å². The zero-order chi connectivity index (χ0) is 14.3.